The van der Waals surface area contributed by atoms with E-state index in [1.54, 1.807) is 0 Å². The van der Waals surface area contributed by atoms with Crippen molar-refractivity contribution in [3.05, 3.63) is 0 Å². The van der Waals surface area contributed by atoms with Crippen LogP contribution in [0.5, 0.6) is 0 Å². The molecule has 0 heterocycles. The highest BCUT2D eigenvalue weighted by atomic mass is 16.4. The summed E-state index contributed by atoms with van der Waals surface area (Å²) in [4.78, 5) is 24.3. The van der Waals surface area contributed by atoms with Crippen molar-refractivity contribution < 1.29 is 24.9 Å². The number of carbonyl (C=O) groups is 2. The first-order chi connectivity index (χ1) is 13.6. The third-order valence-corrected chi connectivity index (χ3v) is 10.1. The zero-order valence-corrected chi connectivity index (χ0v) is 18.1. The smallest absolute Gasteiger partial charge is 0.303 e. The molecule has 0 saturated heterocycles. The topological polar surface area (TPSA) is 94.8 Å². The van der Waals surface area contributed by atoms with Gasteiger partial charge in [0.25, 0.3) is 0 Å². The van der Waals surface area contributed by atoms with Crippen molar-refractivity contribution in [3.63, 3.8) is 0 Å². The van der Waals surface area contributed by atoms with Crippen LogP contribution in [0.1, 0.15) is 78.6 Å². The van der Waals surface area contributed by atoms with Gasteiger partial charge >= 0.3 is 5.97 Å². The van der Waals surface area contributed by atoms with Crippen molar-refractivity contribution in [1.29, 1.82) is 0 Å². The Balaban J connectivity index is 1.60. The number of aliphatic carboxylic acids is 1. The predicted octanol–water partition coefficient (Wildman–Crippen LogP) is 3.66. The minimum absolute atomic E-state index is 0.0226. The number of aliphatic hydroxyl groups is 2. The van der Waals surface area contributed by atoms with Crippen molar-refractivity contribution in [2.45, 2.75) is 90.8 Å². The molecule has 0 amide bonds. The van der Waals surface area contributed by atoms with Crippen molar-refractivity contribution in [2.75, 3.05) is 0 Å². The molecule has 0 bridgehead atoms. The van der Waals surface area contributed by atoms with Crippen LogP contribution in [-0.4, -0.2) is 39.3 Å². The van der Waals surface area contributed by atoms with Gasteiger partial charge in [0.1, 0.15) is 6.10 Å². The van der Waals surface area contributed by atoms with E-state index in [4.69, 9.17) is 5.11 Å². The molecule has 3 N–H and O–H groups in total. The number of fused-ring (bicyclic) bond motifs is 5. The molecule has 0 aromatic carbocycles. The Morgan fingerprint density at radius 3 is 2.41 bits per heavy atom. The van der Waals surface area contributed by atoms with Crippen LogP contribution in [0.4, 0.5) is 0 Å². The number of carbonyl (C=O) groups excluding carboxylic acids is 1. The summed E-state index contributed by atoms with van der Waals surface area (Å²) in [5.74, 6) is 0.552. The molecule has 4 rings (SSSR count). The molecule has 0 aromatic heterocycles. The Morgan fingerprint density at radius 2 is 1.72 bits per heavy atom. The zero-order valence-electron chi connectivity index (χ0n) is 18.1. The SMILES string of the molecule is C[C@H](CCC(=O)O)[C@H]1CC[C@H]2[C@@H]3[C@H](O)C(=O)[C@@H]4C[C@H](O)CC[C@]4(C)[C@H]3CC[C@]12C. The Morgan fingerprint density at radius 1 is 1.07 bits per heavy atom. The Hall–Kier alpha value is -0.940. The number of carboxylic acid groups (broad SMARTS) is 1. The lowest BCUT2D eigenvalue weighted by Crippen LogP contribution is -2.62. The van der Waals surface area contributed by atoms with E-state index in [0.29, 0.717) is 36.5 Å². The lowest BCUT2D eigenvalue weighted by Gasteiger charge is -2.61. The molecule has 0 aliphatic heterocycles. The van der Waals surface area contributed by atoms with E-state index in [0.717, 1.165) is 38.5 Å². The van der Waals surface area contributed by atoms with Crippen LogP contribution in [0.25, 0.3) is 0 Å². The van der Waals surface area contributed by atoms with Crippen molar-refractivity contribution in [3.8, 4) is 0 Å². The molecule has 10 atom stereocenters. The average Bonchev–Trinajstić information content (AvgIpc) is 3.02. The van der Waals surface area contributed by atoms with Gasteiger partial charge in [-0.05, 0) is 91.8 Å². The van der Waals surface area contributed by atoms with Crippen molar-refractivity contribution >= 4 is 11.8 Å². The molecule has 4 saturated carbocycles. The summed E-state index contributed by atoms with van der Waals surface area (Å²) in [6.07, 6.45) is 5.99. The third-order valence-electron chi connectivity index (χ3n) is 10.1. The van der Waals surface area contributed by atoms with Crippen LogP contribution in [-0.2, 0) is 9.59 Å². The quantitative estimate of drug-likeness (QED) is 0.662. The van der Waals surface area contributed by atoms with Gasteiger partial charge in [-0.15, -0.1) is 0 Å². The summed E-state index contributed by atoms with van der Waals surface area (Å²) >= 11 is 0. The monoisotopic (exact) mass is 406 g/mol. The molecule has 5 heteroatoms. The molecular formula is C24H38O5. The second-order valence-corrected chi connectivity index (χ2v) is 11.3. The van der Waals surface area contributed by atoms with E-state index < -0.39 is 18.2 Å². The van der Waals surface area contributed by atoms with Gasteiger partial charge in [-0.2, -0.15) is 0 Å². The van der Waals surface area contributed by atoms with Crippen LogP contribution in [0.2, 0.25) is 0 Å². The minimum atomic E-state index is -0.902. The maximum atomic E-state index is 13.2. The highest BCUT2D eigenvalue weighted by Gasteiger charge is 2.65. The van der Waals surface area contributed by atoms with Gasteiger partial charge in [0, 0.05) is 12.3 Å². The lowest BCUT2D eigenvalue weighted by atomic mass is 9.43. The van der Waals surface area contributed by atoms with E-state index in [1.165, 1.54) is 0 Å². The van der Waals surface area contributed by atoms with Crippen molar-refractivity contribution in [1.82, 2.24) is 0 Å². The molecule has 0 spiro atoms. The normalized spacial score (nSPS) is 50.4. The summed E-state index contributed by atoms with van der Waals surface area (Å²) in [5, 5.41) is 30.4. The van der Waals surface area contributed by atoms with E-state index in [9.17, 15) is 19.8 Å². The van der Waals surface area contributed by atoms with Crippen LogP contribution < -0.4 is 0 Å². The average molecular weight is 407 g/mol. The van der Waals surface area contributed by atoms with E-state index in [-0.39, 0.29) is 34.9 Å². The number of carboxylic acids is 1. The highest BCUT2D eigenvalue weighted by molar-refractivity contribution is 5.87. The van der Waals surface area contributed by atoms with Gasteiger partial charge < -0.3 is 15.3 Å². The van der Waals surface area contributed by atoms with Gasteiger partial charge in [0.05, 0.1) is 6.10 Å². The van der Waals surface area contributed by atoms with Crippen molar-refractivity contribution in [2.24, 2.45) is 46.3 Å². The molecule has 29 heavy (non-hydrogen) atoms. The van der Waals surface area contributed by atoms with Crippen LogP contribution >= 0.6 is 0 Å². The number of rotatable bonds is 4. The molecule has 4 fully saturated rings. The number of aliphatic hydroxyl groups excluding tert-OH is 2. The maximum Gasteiger partial charge on any atom is 0.303 e. The van der Waals surface area contributed by atoms with Gasteiger partial charge in [-0.3, -0.25) is 9.59 Å². The first kappa shape index (κ1) is 21.3. The van der Waals surface area contributed by atoms with Gasteiger partial charge in [-0.1, -0.05) is 20.8 Å². The zero-order chi connectivity index (χ0) is 21.1. The Labute approximate surface area is 174 Å². The second kappa shape index (κ2) is 7.33. The lowest BCUT2D eigenvalue weighted by molar-refractivity contribution is -0.184. The Bertz CT molecular complexity index is 676. The fourth-order valence-electron chi connectivity index (χ4n) is 8.52. The van der Waals surface area contributed by atoms with Crippen LogP contribution in [0, 0.1) is 46.3 Å². The summed E-state index contributed by atoms with van der Waals surface area (Å²) < 4.78 is 0. The van der Waals surface area contributed by atoms with Crippen LogP contribution in [0.15, 0.2) is 0 Å². The van der Waals surface area contributed by atoms with Crippen LogP contribution in [0.3, 0.4) is 0 Å². The molecule has 5 nitrogen and oxygen atoms in total. The van der Waals surface area contributed by atoms with E-state index in [2.05, 4.69) is 20.8 Å². The fourth-order valence-corrected chi connectivity index (χ4v) is 8.52. The van der Waals surface area contributed by atoms with E-state index >= 15 is 0 Å². The second-order valence-electron chi connectivity index (χ2n) is 11.3. The first-order valence-electron chi connectivity index (χ1n) is 11.7. The van der Waals surface area contributed by atoms with Gasteiger partial charge in [-0.25, -0.2) is 0 Å². The number of hydrogen-bond acceptors (Lipinski definition) is 4. The number of hydrogen-bond donors (Lipinski definition) is 3. The predicted molar refractivity (Wildman–Crippen MR) is 109 cm³/mol. The van der Waals surface area contributed by atoms with Gasteiger partial charge in [0.2, 0.25) is 0 Å². The van der Waals surface area contributed by atoms with E-state index in [1.807, 2.05) is 0 Å². The summed E-state index contributed by atoms with van der Waals surface area (Å²) in [6.45, 7) is 6.78. The largest absolute Gasteiger partial charge is 0.481 e. The molecule has 0 unspecified atom stereocenters. The summed E-state index contributed by atoms with van der Waals surface area (Å²) in [6, 6.07) is 0. The molecule has 4 aliphatic carbocycles. The molecule has 164 valence electrons. The van der Waals surface area contributed by atoms with Gasteiger partial charge in [0.15, 0.2) is 5.78 Å². The first-order valence-corrected chi connectivity index (χ1v) is 11.7. The fraction of sp³-hybridized carbons (Fsp3) is 0.917. The molecule has 4 aliphatic rings. The third kappa shape index (κ3) is 3.18. The number of Topliss-reactive ketones (excluding diaryl/α,β-unsaturated/α-hetero) is 1. The standard InChI is InChI=1S/C24H38O5/c1-13(4-7-19(26)27)15-5-6-16-20-17(9-11-23(15,16)2)24(3)10-8-14(25)12-18(24)21(28)22(20)29/h13-18,20,22,25,29H,4-12H2,1-3H3,(H,26,27)/t13-,14-,15-,16+,17+,18+,20+,22+,23-,24-/m1/s1. The summed E-state index contributed by atoms with van der Waals surface area (Å²) in [5.41, 5.74) is -0.0216. The molecular weight excluding hydrogens is 368 g/mol. The highest BCUT2D eigenvalue weighted by Crippen LogP contribution is 2.67. The Kier molecular flexibility index (Phi) is 5.39. The maximum absolute atomic E-state index is 13.2. The minimum Gasteiger partial charge on any atom is -0.481 e. The molecule has 0 radical (unpaired) electrons. The summed E-state index contributed by atoms with van der Waals surface area (Å²) in [7, 11) is 0. The molecule has 0 aromatic rings. The number of ketones is 1.